The molecule has 0 amide bonds. The van der Waals surface area contributed by atoms with E-state index >= 15 is 0 Å². The summed E-state index contributed by atoms with van der Waals surface area (Å²) in [5.74, 6) is 0.375. The van der Waals surface area contributed by atoms with Gasteiger partial charge in [0.15, 0.2) is 0 Å². The van der Waals surface area contributed by atoms with Gasteiger partial charge in [-0.2, -0.15) is 5.10 Å². The predicted octanol–water partition coefficient (Wildman–Crippen LogP) is 1.92. The Labute approximate surface area is 117 Å². The fourth-order valence-corrected chi connectivity index (χ4v) is 1.57. The Morgan fingerprint density at radius 3 is 2.65 bits per heavy atom. The van der Waals surface area contributed by atoms with E-state index in [1.54, 1.807) is 35.3 Å². The summed E-state index contributed by atoms with van der Waals surface area (Å²) < 4.78 is 12.4. The van der Waals surface area contributed by atoms with Crippen LogP contribution in [0.1, 0.15) is 24.2 Å². The number of carbonyl (C=O) groups is 1. The maximum Gasteiger partial charge on any atom is 0.338 e. The van der Waals surface area contributed by atoms with Crippen LogP contribution in [-0.2, 0) is 11.3 Å². The molecule has 0 spiro atoms. The van der Waals surface area contributed by atoms with Crippen LogP contribution < -0.4 is 4.74 Å². The number of esters is 1. The normalized spacial score (nSPS) is 10.6. The van der Waals surface area contributed by atoms with Gasteiger partial charge >= 0.3 is 5.97 Å². The average Bonchev–Trinajstić information content (AvgIpc) is 2.92. The van der Waals surface area contributed by atoms with Gasteiger partial charge in [0.25, 0.3) is 0 Å². The molecule has 0 saturated carbocycles. The van der Waals surface area contributed by atoms with E-state index in [1.807, 2.05) is 13.8 Å². The van der Waals surface area contributed by atoms with Crippen molar-refractivity contribution in [1.82, 2.24) is 14.8 Å². The minimum Gasteiger partial charge on any atom is -0.492 e. The first-order chi connectivity index (χ1) is 9.65. The monoisotopic (exact) mass is 275 g/mol. The van der Waals surface area contributed by atoms with E-state index < -0.39 is 0 Å². The Kier molecular flexibility index (Phi) is 4.70. The van der Waals surface area contributed by atoms with Gasteiger partial charge < -0.3 is 9.47 Å². The average molecular weight is 275 g/mol. The zero-order valence-electron chi connectivity index (χ0n) is 11.5. The first-order valence-electron chi connectivity index (χ1n) is 6.41. The van der Waals surface area contributed by atoms with Gasteiger partial charge in [-0.3, -0.25) is 0 Å². The van der Waals surface area contributed by atoms with Crippen LogP contribution in [0.4, 0.5) is 0 Å². The summed E-state index contributed by atoms with van der Waals surface area (Å²) in [6.07, 6.45) is 2.99. The third-order valence-corrected chi connectivity index (χ3v) is 2.49. The number of aromatic nitrogens is 3. The summed E-state index contributed by atoms with van der Waals surface area (Å²) in [5.41, 5.74) is 0.516. The molecule has 0 aliphatic rings. The van der Waals surface area contributed by atoms with Crippen molar-refractivity contribution in [2.45, 2.75) is 26.5 Å². The minimum absolute atomic E-state index is 0.124. The molecule has 1 aromatic carbocycles. The Morgan fingerprint density at radius 1 is 1.30 bits per heavy atom. The van der Waals surface area contributed by atoms with E-state index in [-0.39, 0.29) is 12.1 Å². The number of hydrogen-bond acceptors (Lipinski definition) is 5. The number of nitrogens with zero attached hydrogens (tertiary/aromatic N) is 3. The van der Waals surface area contributed by atoms with Crippen molar-refractivity contribution in [3.63, 3.8) is 0 Å². The standard InChI is InChI=1S/C14H17N3O3/c1-11(2)20-14(18)12-3-5-13(6-4-12)19-8-7-17-10-15-9-16-17/h3-6,9-11H,7-8H2,1-2H3. The molecule has 0 fully saturated rings. The van der Waals surface area contributed by atoms with Crippen LogP contribution in [0.5, 0.6) is 5.75 Å². The summed E-state index contributed by atoms with van der Waals surface area (Å²) >= 11 is 0. The molecule has 1 aromatic heterocycles. The Morgan fingerprint density at radius 2 is 2.05 bits per heavy atom. The zero-order chi connectivity index (χ0) is 14.4. The van der Waals surface area contributed by atoms with E-state index in [2.05, 4.69) is 10.1 Å². The second-order valence-electron chi connectivity index (χ2n) is 4.49. The van der Waals surface area contributed by atoms with Crippen molar-refractivity contribution >= 4 is 5.97 Å². The lowest BCUT2D eigenvalue weighted by Gasteiger charge is -2.09. The van der Waals surface area contributed by atoms with E-state index in [0.717, 1.165) is 0 Å². The second-order valence-corrected chi connectivity index (χ2v) is 4.49. The van der Waals surface area contributed by atoms with Crippen LogP contribution in [0.3, 0.4) is 0 Å². The lowest BCUT2D eigenvalue weighted by atomic mass is 10.2. The maximum atomic E-state index is 11.7. The Bertz CT molecular complexity index is 535. The number of benzene rings is 1. The highest BCUT2D eigenvalue weighted by Crippen LogP contribution is 2.13. The maximum absolute atomic E-state index is 11.7. The largest absolute Gasteiger partial charge is 0.492 e. The van der Waals surface area contributed by atoms with Gasteiger partial charge in [-0.25, -0.2) is 14.5 Å². The fraction of sp³-hybridized carbons (Fsp3) is 0.357. The predicted molar refractivity (Wildman–Crippen MR) is 72.5 cm³/mol. The van der Waals surface area contributed by atoms with Gasteiger partial charge in [0, 0.05) is 0 Å². The third kappa shape index (κ3) is 4.08. The summed E-state index contributed by atoms with van der Waals surface area (Å²) in [7, 11) is 0. The van der Waals surface area contributed by atoms with Crippen molar-refractivity contribution in [2.75, 3.05) is 6.61 Å². The van der Waals surface area contributed by atoms with Crippen LogP contribution in [0.25, 0.3) is 0 Å². The number of rotatable bonds is 6. The molecule has 0 atom stereocenters. The summed E-state index contributed by atoms with van der Waals surface area (Å²) in [6.45, 7) is 4.75. The van der Waals surface area contributed by atoms with Crippen LogP contribution in [0.15, 0.2) is 36.9 Å². The molecule has 6 nitrogen and oxygen atoms in total. The molecule has 20 heavy (non-hydrogen) atoms. The van der Waals surface area contributed by atoms with E-state index in [9.17, 15) is 4.79 Å². The van der Waals surface area contributed by atoms with Gasteiger partial charge in [-0.05, 0) is 38.1 Å². The van der Waals surface area contributed by atoms with Crippen LogP contribution in [-0.4, -0.2) is 33.4 Å². The smallest absolute Gasteiger partial charge is 0.338 e. The summed E-state index contributed by atoms with van der Waals surface area (Å²) in [5, 5.41) is 3.98. The summed E-state index contributed by atoms with van der Waals surface area (Å²) in [6, 6.07) is 6.88. The topological polar surface area (TPSA) is 66.2 Å². The van der Waals surface area contributed by atoms with Gasteiger partial charge in [-0.15, -0.1) is 0 Å². The SMILES string of the molecule is CC(C)OC(=O)c1ccc(OCCn2cncn2)cc1. The molecular formula is C14H17N3O3. The van der Waals surface area contributed by atoms with Gasteiger partial charge in [-0.1, -0.05) is 0 Å². The fourth-order valence-electron chi connectivity index (χ4n) is 1.57. The Hall–Kier alpha value is -2.37. The van der Waals surface area contributed by atoms with Crippen molar-refractivity contribution in [1.29, 1.82) is 0 Å². The van der Waals surface area contributed by atoms with Crippen molar-refractivity contribution < 1.29 is 14.3 Å². The molecule has 0 aliphatic carbocycles. The van der Waals surface area contributed by atoms with E-state index in [4.69, 9.17) is 9.47 Å². The van der Waals surface area contributed by atoms with Crippen molar-refractivity contribution in [2.24, 2.45) is 0 Å². The van der Waals surface area contributed by atoms with Gasteiger partial charge in [0.2, 0.25) is 0 Å². The lowest BCUT2D eigenvalue weighted by Crippen LogP contribution is -2.11. The molecule has 106 valence electrons. The Balaban J connectivity index is 1.83. The number of hydrogen-bond donors (Lipinski definition) is 0. The zero-order valence-corrected chi connectivity index (χ0v) is 11.5. The molecule has 2 aromatic rings. The van der Waals surface area contributed by atoms with Crippen LogP contribution in [0, 0.1) is 0 Å². The van der Waals surface area contributed by atoms with E-state index in [1.165, 1.54) is 6.33 Å². The lowest BCUT2D eigenvalue weighted by molar-refractivity contribution is 0.0378. The molecule has 0 radical (unpaired) electrons. The van der Waals surface area contributed by atoms with Crippen molar-refractivity contribution in [3.8, 4) is 5.75 Å². The molecule has 0 aliphatic heterocycles. The third-order valence-electron chi connectivity index (χ3n) is 2.49. The number of carbonyl (C=O) groups excluding carboxylic acids is 1. The van der Waals surface area contributed by atoms with E-state index in [0.29, 0.717) is 24.5 Å². The molecule has 2 rings (SSSR count). The highest BCUT2D eigenvalue weighted by Gasteiger charge is 2.08. The quantitative estimate of drug-likeness (QED) is 0.753. The van der Waals surface area contributed by atoms with Crippen LogP contribution >= 0.6 is 0 Å². The van der Waals surface area contributed by atoms with Crippen molar-refractivity contribution in [3.05, 3.63) is 42.5 Å². The van der Waals surface area contributed by atoms with Crippen LogP contribution in [0.2, 0.25) is 0 Å². The second kappa shape index (κ2) is 6.70. The molecule has 1 heterocycles. The molecule has 6 heteroatoms. The first-order valence-corrected chi connectivity index (χ1v) is 6.41. The molecule has 0 unspecified atom stereocenters. The number of ether oxygens (including phenoxy) is 2. The molecule has 0 saturated heterocycles. The minimum atomic E-state index is -0.325. The summed E-state index contributed by atoms with van der Waals surface area (Å²) in [4.78, 5) is 15.5. The highest BCUT2D eigenvalue weighted by atomic mass is 16.5. The molecule has 0 bridgehead atoms. The molecular weight excluding hydrogens is 258 g/mol. The molecule has 0 N–H and O–H groups in total. The van der Waals surface area contributed by atoms with Gasteiger partial charge in [0.05, 0.1) is 18.2 Å². The first kappa shape index (κ1) is 14.0. The highest BCUT2D eigenvalue weighted by molar-refractivity contribution is 5.89. The van der Waals surface area contributed by atoms with Gasteiger partial charge in [0.1, 0.15) is 25.0 Å².